The van der Waals surface area contributed by atoms with Crippen molar-refractivity contribution in [1.29, 1.82) is 0 Å². The molecule has 7 heteroatoms. The van der Waals surface area contributed by atoms with Crippen molar-refractivity contribution in [2.24, 2.45) is 0 Å². The Morgan fingerprint density at radius 2 is 2.05 bits per heavy atom. The first-order valence-corrected chi connectivity index (χ1v) is 9.13. The van der Waals surface area contributed by atoms with Gasteiger partial charge in [-0.2, -0.15) is 0 Å². The van der Waals surface area contributed by atoms with Crippen molar-refractivity contribution in [3.63, 3.8) is 0 Å². The van der Waals surface area contributed by atoms with Crippen LogP contribution in [0.3, 0.4) is 0 Å². The van der Waals surface area contributed by atoms with E-state index in [2.05, 4.69) is 15.0 Å². The third kappa shape index (κ3) is 4.26. The number of hydrogen-bond donors (Lipinski definition) is 2. The number of sulfonamides is 1. The van der Waals surface area contributed by atoms with E-state index in [1.807, 2.05) is 25.3 Å². The van der Waals surface area contributed by atoms with Gasteiger partial charge >= 0.3 is 0 Å². The second kappa shape index (κ2) is 7.02. The number of thiazole rings is 1. The molecule has 0 saturated heterocycles. The van der Waals surface area contributed by atoms with E-state index in [1.165, 1.54) is 0 Å². The Kier molecular flexibility index (Phi) is 5.33. The highest BCUT2D eigenvalue weighted by Gasteiger charge is 2.17. The van der Waals surface area contributed by atoms with Crippen molar-refractivity contribution in [3.8, 4) is 0 Å². The summed E-state index contributed by atoms with van der Waals surface area (Å²) in [5.74, 6) is 0. The van der Waals surface area contributed by atoms with Crippen LogP contribution in [0.15, 0.2) is 34.5 Å². The van der Waals surface area contributed by atoms with Crippen molar-refractivity contribution in [3.05, 3.63) is 40.3 Å². The minimum atomic E-state index is -3.48. The van der Waals surface area contributed by atoms with E-state index in [0.29, 0.717) is 18.8 Å². The lowest BCUT2D eigenvalue weighted by Crippen LogP contribution is -2.25. The quantitative estimate of drug-likeness (QED) is 0.821. The Bertz CT molecular complexity index is 696. The number of aryl methyl sites for hydroxylation is 1. The van der Waals surface area contributed by atoms with Gasteiger partial charge in [0, 0.05) is 17.6 Å². The second-order valence-corrected chi connectivity index (χ2v) is 7.31. The van der Waals surface area contributed by atoms with E-state index >= 15 is 0 Å². The van der Waals surface area contributed by atoms with Gasteiger partial charge in [0.05, 0.1) is 12.2 Å². The van der Waals surface area contributed by atoms with Crippen molar-refractivity contribution in [2.75, 3.05) is 11.9 Å². The summed E-state index contributed by atoms with van der Waals surface area (Å²) in [6.07, 6.45) is 0.757. The third-order valence-electron chi connectivity index (χ3n) is 2.82. The highest BCUT2D eigenvalue weighted by atomic mass is 32.2. The zero-order chi connectivity index (χ0) is 15.3. The molecule has 1 heterocycles. The average Bonchev–Trinajstić information content (AvgIpc) is 2.89. The molecule has 0 aliphatic rings. The summed E-state index contributed by atoms with van der Waals surface area (Å²) in [6.45, 7) is 4.81. The fourth-order valence-electron chi connectivity index (χ4n) is 1.82. The van der Waals surface area contributed by atoms with E-state index < -0.39 is 10.0 Å². The molecule has 2 aromatic rings. The zero-order valence-electron chi connectivity index (χ0n) is 12.1. The molecule has 0 amide bonds. The van der Waals surface area contributed by atoms with Crippen LogP contribution in [0.2, 0.25) is 0 Å². The Morgan fingerprint density at radius 1 is 1.29 bits per heavy atom. The maximum Gasteiger partial charge on any atom is 0.242 e. The van der Waals surface area contributed by atoms with Crippen LogP contribution < -0.4 is 10.0 Å². The number of rotatable bonds is 7. The second-order valence-electron chi connectivity index (χ2n) is 4.63. The largest absolute Gasteiger partial charge is 0.377 e. The molecule has 1 aromatic carbocycles. The van der Waals surface area contributed by atoms with E-state index in [-0.39, 0.29) is 4.90 Å². The fourth-order valence-corrected chi connectivity index (χ4v) is 3.84. The van der Waals surface area contributed by atoms with Crippen LogP contribution in [0.1, 0.15) is 24.0 Å². The molecule has 0 aliphatic heterocycles. The first-order chi connectivity index (χ1) is 10.0. The SMILES string of the molecule is CCCNS(=O)(=O)c1ccccc1NCc1nc(C)cs1. The summed E-state index contributed by atoms with van der Waals surface area (Å²) < 4.78 is 27.1. The molecule has 2 N–H and O–H groups in total. The summed E-state index contributed by atoms with van der Waals surface area (Å²) in [4.78, 5) is 4.63. The van der Waals surface area contributed by atoms with E-state index in [0.717, 1.165) is 17.1 Å². The molecule has 2 rings (SSSR count). The topological polar surface area (TPSA) is 71.1 Å². The number of anilines is 1. The number of hydrogen-bond acceptors (Lipinski definition) is 5. The third-order valence-corrected chi connectivity index (χ3v) is 5.30. The maximum absolute atomic E-state index is 12.3. The number of para-hydroxylation sites is 1. The van der Waals surface area contributed by atoms with Gasteiger partial charge in [0.1, 0.15) is 9.90 Å². The standard InChI is InChI=1S/C14H19N3O2S2/c1-3-8-16-21(18,19)13-7-5-4-6-12(13)15-9-14-17-11(2)10-20-14/h4-7,10,15-16H,3,8-9H2,1-2H3. The van der Waals surface area contributed by atoms with Crippen molar-refractivity contribution in [2.45, 2.75) is 31.7 Å². The Balaban J connectivity index is 2.16. The number of aromatic nitrogens is 1. The van der Waals surface area contributed by atoms with E-state index in [4.69, 9.17) is 0 Å². The van der Waals surface area contributed by atoms with Crippen LogP contribution in [0.5, 0.6) is 0 Å². The number of benzene rings is 1. The van der Waals surface area contributed by atoms with Gasteiger partial charge in [0.25, 0.3) is 0 Å². The highest BCUT2D eigenvalue weighted by Crippen LogP contribution is 2.22. The first-order valence-electron chi connectivity index (χ1n) is 6.76. The van der Waals surface area contributed by atoms with Crippen LogP contribution in [-0.4, -0.2) is 19.9 Å². The van der Waals surface area contributed by atoms with Crippen molar-refractivity contribution < 1.29 is 8.42 Å². The zero-order valence-corrected chi connectivity index (χ0v) is 13.7. The predicted octanol–water partition coefficient (Wildman–Crippen LogP) is 2.75. The molecular formula is C14H19N3O2S2. The van der Waals surface area contributed by atoms with Gasteiger partial charge in [-0.1, -0.05) is 19.1 Å². The van der Waals surface area contributed by atoms with Crippen LogP contribution >= 0.6 is 11.3 Å². The van der Waals surface area contributed by atoms with Gasteiger partial charge in [0.15, 0.2) is 0 Å². The lowest BCUT2D eigenvalue weighted by Gasteiger charge is -2.12. The minimum absolute atomic E-state index is 0.270. The van der Waals surface area contributed by atoms with Crippen LogP contribution in [0, 0.1) is 6.92 Å². The van der Waals surface area contributed by atoms with Gasteiger partial charge in [0.2, 0.25) is 10.0 Å². The van der Waals surface area contributed by atoms with Crippen molar-refractivity contribution in [1.82, 2.24) is 9.71 Å². The molecule has 0 spiro atoms. The van der Waals surface area contributed by atoms with Crippen LogP contribution in [0.4, 0.5) is 5.69 Å². The summed E-state index contributed by atoms with van der Waals surface area (Å²) in [5.41, 5.74) is 1.57. The van der Waals surface area contributed by atoms with Crippen LogP contribution in [0.25, 0.3) is 0 Å². The monoisotopic (exact) mass is 325 g/mol. The molecule has 0 unspecified atom stereocenters. The summed E-state index contributed by atoms with van der Waals surface area (Å²) in [7, 11) is -3.48. The van der Waals surface area contributed by atoms with E-state index in [1.54, 1.807) is 29.5 Å². The fraction of sp³-hybridized carbons (Fsp3) is 0.357. The molecular weight excluding hydrogens is 306 g/mol. The molecule has 1 aromatic heterocycles. The Hall–Kier alpha value is -1.44. The maximum atomic E-state index is 12.3. The molecule has 0 atom stereocenters. The lowest BCUT2D eigenvalue weighted by atomic mass is 10.3. The molecule has 0 aliphatic carbocycles. The molecule has 5 nitrogen and oxygen atoms in total. The van der Waals surface area contributed by atoms with Gasteiger partial charge in [-0.25, -0.2) is 18.1 Å². The van der Waals surface area contributed by atoms with Gasteiger partial charge in [-0.15, -0.1) is 11.3 Å². The Labute approximate surface area is 129 Å². The summed E-state index contributed by atoms with van der Waals surface area (Å²) >= 11 is 1.56. The number of nitrogens with one attached hydrogen (secondary N) is 2. The highest BCUT2D eigenvalue weighted by molar-refractivity contribution is 7.89. The number of nitrogens with zero attached hydrogens (tertiary/aromatic N) is 1. The smallest absolute Gasteiger partial charge is 0.242 e. The molecule has 0 radical (unpaired) electrons. The molecule has 21 heavy (non-hydrogen) atoms. The average molecular weight is 325 g/mol. The molecule has 0 bridgehead atoms. The van der Waals surface area contributed by atoms with Gasteiger partial charge in [-0.3, -0.25) is 0 Å². The van der Waals surface area contributed by atoms with E-state index in [9.17, 15) is 8.42 Å². The summed E-state index contributed by atoms with van der Waals surface area (Å²) in [6, 6.07) is 6.90. The van der Waals surface area contributed by atoms with Gasteiger partial charge in [-0.05, 0) is 25.5 Å². The molecule has 0 fully saturated rings. The van der Waals surface area contributed by atoms with Gasteiger partial charge < -0.3 is 5.32 Å². The normalized spacial score (nSPS) is 11.5. The molecule has 0 saturated carbocycles. The molecule has 114 valence electrons. The lowest BCUT2D eigenvalue weighted by molar-refractivity contribution is 0.581. The van der Waals surface area contributed by atoms with Crippen molar-refractivity contribution >= 4 is 27.0 Å². The first kappa shape index (κ1) is 15.9. The minimum Gasteiger partial charge on any atom is -0.377 e. The van der Waals surface area contributed by atoms with Crippen LogP contribution in [-0.2, 0) is 16.6 Å². The summed E-state index contributed by atoms with van der Waals surface area (Å²) in [5, 5.41) is 6.06. The Morgan fingerprint density at radius 3 is 2.71 bits per heavy atom. The predicted molar refractivity (Wildman–Crippen MR) is 86.1 cm³/mol.